The molecule has 14 nitrogen and oxygen atoms in total. The van der Waals surface area contributed by atoms with Crippen LogP contribution in [0.15, 0.2) is 48.8 Å². The molecule has 2 saturated heterocycles. The second-order valence-corrected chi connectivity index (χ2v) is 16.2. The van der Waals surface area contributed by atoms with Gasteiger partial charge in [0.1, 0.15) is 23.9 Å². The molecule has 4 heterocycles. The molecule has 57 heavy (non-hydrogen) atoms. The number of fused-ring (bicyclic) bond motifs is 1. The Kier molecular flexibility index (Phi) is 12.0. The number of ether oxygens (including phenoxy) is 2. The van der Waals surface area contributed by atoms with Crippen LogP contribution in [0.4, 0.5) is 9.59 Å². The number of carbonyl (C=O) groups excluding carboxylic acids is 3. The third kappa shape index (κ3) is 8.15. The quantitative estimate of drug-likeness (QED) is 0.107. The van der Waals surface area contributed by atoms with E-state index in [1.807, 2.05) is 49.9 Å². The predicted molar refractivity (Wildman–Crippen MR) is 216 cm³/mol. The molecule has 1 unspecified atom stereocenters. The van der Waals surface area contributed by atoms with E-state index in [4.69, 9.17) is 19.4 Å². The molecule has 4 aromatic rings. The Morgan fingerprint density at radius 3 is 2.00 bits per heavy atom. The monoisotopic (exact) mass is 780 g/mol. The van der Waals surface area contributed by atoms with Crippen LogP contribution in [0.1, 0.15) is 94.7 Å². The van der Waals surface area contributed by atoms with Gasteiger partial charge in [0.15, 0.2) is 0 Å². The molecular formula is C43H56N8O6. The molecule has 0 radical (unpaired) electrons. The fourth-order valence-corrected chi connectivity index (χ4v) is 8.93. The highest BCUT2D eigenvalue weighted by Crippen LogP contribution is 2.40. The number of nitrogens with zero attached hydrogens (tertiary/aromatic N) is 4. The number of benzene rings is 2. The van der Waals surface area contributed by atoms with Gasteiger partial charge in [-0.05, 0) is 84.6 Å². The lowest BCUT2D eigenvalue weighted by Gasteiger charge is -2.35. The van der Waals surface area contributed by atoms with Crippen molar-refractivity contribution in [3.8, 4) is 33.6 Å². The van der Waals surface area contributed by atoms with Crippen LogP contribution in [0.5, 0.6) is 0 Å². The van der Waals surface area contributed by atoms with Gasteiger partial charge in [0, 0.05) is 18.7 Å². The summed E-state index contributed by atoms with van der Waals surface area (Å²) in [6, 6.07) is 11.5. The Morgan fingerprint density at radius 2 is 1.32 bits per heavy atom. The number of aliphatic hydroxyl groups is 1. The third-order valence-electron chi connectivity index (χ3n) is 12.0. The van der Waals surface area contributed by atoms with Gasteiger partial charge in [0.05, 0.1) is 56.1 Å². The molecule has 2 aromatic carbocycles. The number of methoxy groups -OCH3 is 2. The Hall–Kier alpha value is -5.21. The Labute approximate surface area is 334 Å². The molecule has 0 saturated carbocycles. The first-order chi connectivity index (χ1) is 27.5. The van der Waals surface area contributed by atoms with E-state index in [2.05, 4.69) is 57.0 Å². The number of rotatable bonds is 12. The van der Waals surface area contributed by atoms with Gasteiger partial charge in [-0.1, -0.05) is 64.1 Å². The predicted octanol–water partition coefficient (Wildman–Crippen LogP) is 6.50. The highest BCUT2D eigenvalue weighted by Gasteiger charge is 2.39. The van der Waals surface area contributed by atoms with E-state index in [0.717, 1.165) is 84.7 Å². The summed E-state index contributed by atoms with van der Waals surface area (Å²) in [5.41, 5.74) is 9.07. The molecule has 1 aliphatic carbocycles. The molecule has 2 aliphatic heterocycles. The lowest BCUT2D eigenvalue weighted by molar-refractivity contribution is -0.135. The van der Waals surface area contributed by atoms with Gasteiger partial charge < -0.3 is 40.1 Å². The first-order valence-corrected chi connectivity index (χ1v) is 20.3. The normalized spacial score (nSPS) is 19.8. The molecule has 3 amide bonds. The molecule has 304 valence electrons. The second kappa shape index (κ2) is 17.1. The maximum atomic E-state index is 13.7. The van der Waals surface area contributed by atoms with Crippen molar-refractivity contribution in [1.82, 2.24) is 40.4 Å². The Morgan fingerprint density at radius 1 is 0.737 bits per heavy atom. The molecule has 2 aromatic heterocycles. The summed E-state index contributed by atoms with van der Waals surface area (Å²) in [4.78, 5) is 58.2. The van der Waals surface area contributed by atoms with Crippen molar-refractivity contribution in [2.75, 3.05) is 27.3 Å². The van der Waals surface area contributed by atoms with E-state index in [1.165, 1.54) is 30.9 Å². The summed E-state index contributed by atoms with van der Waals surface area (Å²) in [6.07, 6.45) is 8.15. The standard InChI is InChI=1S/C43H56N8O6/c1-24(2)36(48-42(54)56-5)40(52)50-20-8-12-34(50)38-44-22-32(46-38)27-16-14-26(15-17-27)28-18-19-31(30-11-7-10-29(28)30)33-23-45-39(47-33)35-13-9-21-51(35)41(53)37(25(3)4)49-43(55)57-6/h14-19,22-25,34-37,40,52H,7-13,20-21H2,1-6H3,(H,44,46)(H,45,47)(H,48,54)(H,49,55)/t34-,35-,36-,37-,40?/m0/s1. The summed E-state index contributed by atoms with van der Waals surface area (Å²) < 4.78 is 9.60. The number of aliphatic hydroxyl groups excluding tert-OH is 1. The Bertz CT molecular complexity index is 2060. The fraction of sp³-hybridized carbons (Fsp3) is 0.512. The maximum Gasteiger partial charge on any atom is 0.407 e. The zero-order chi connectivity index (χ0) is 40.4. The van der Waals surface area contributed by atoms with Gasteiger partial charge in [-0.3, -0.25) is 9.69 Å². The van der Waals surface area contributed by atoms with Gasteiger partial charge in [-0.25, -0.2) is 19.6 Å². The SMILES string of the molecule is COC(=O)N[C@@H](C(C)C)C(O)N1CCC[C@H]1c1ncc(-c2ccc(-c3ccc(-c4cnc([C@@H]5CCCN5C(=O)[C@@H](NC(=O)OC)C(C)C)[nH]4)c4c3CCC4)cc2)[nH]1. The smallest absolute Gasteiger partial charge is 0.407 e. The van der Waals surface area contributed by atoms with Crippen molar-refractivity contribution in [3.05, 3.63) is 71.6 Å². The van der Waals surface area contributed by atoms with Crippen LogP contribution in [-0.2, 0) is 27.1 Å². The Balaban J connectivity index is 1.06. The zero-order valence-electron chi connectivity index (χ0n) is 33.8. The van der Waals surface area contributed by atoms with Gasteiger partial charge in [-0.15, -0.1) is 0 Å². The summed E-state index contributed by atoms with van der Waals surface area (Å²) in [5, 5.41) is 16.9. The number of nitrogens with one attached hydrogen (secondary N) is 4. The van der Waals surface area contributed by atoms with Crippen LogP contribution in [-0.4, -0.2) is 98.6 Å². The number of hydrogen-bond acceptors (Lipinski definition) is 9. The average Bonchev–Trinajstić information content (AvgIpc) is 4.07. The van der Waals surface area contributed by atoms with E-state index in [-0.39, 0.29) is 29.8 Å². The second-order valence-electron chi connectivity index (χ2n) is 16.2. The van der Waals surface area contributed by atoms with E-state index in [1.54, 1.807) is 0 Å². The number of H-pyrrole nitrogens is 2. The summed E-state index contributed by atoms with van der Waals surface area (Å²) in [6.45, 7) is 9.07. The van der Waals surface area contributed by atoms with Crippen molar-refractivity contribution < 1.29 is 29.0 Å². The average molecular weight is 781 g/mol. The molecule has 2 fully saturated rings. The molecule has 0 spiro atoms. The number of carbonyl (C=O) groups is 3. The van der Waals surface area contributed by atoms with E-state index >= 15 is 0 Å². The summed E-state index contributed by atoms with van der Waals surface area (Å²) >= 11 is 0. The molecule has 0 bridgehead atoms. The molecular weight excluding hydrogens is 725 g/mol. The third-order valence-corrected chi connectivity index (χ3v) is 12.0. The highest BCUT2D eigenvalue weighted by molar-refractivity contribution is 5.86. The number of aromatic amines is 2. The minimum absolute atomic E-state index is 0.00345. The lowest BCUT2D eigenvalue weighted by Crippen LogP contribution is -2.54. The topological polar surface area (TPSA) is 178 Å². The minimum atomic E-state index is -0.887. The van der Waals surface area contributed by atoms with Crippen LogP contribution >= 0.6 is 0 Å². The van der Waals surface area contributed by atoms with Crippen molar-refractivity contribution >= 4 is 18.1 Å². The number of alkyl carbamates (subject to hydrolysis) is 2. The zero-order valence-corrected chi connectivity index (χ0v) is 33.8. The number of hydrogen-bond donors (Lipinski definition) is 5. The largest absolute Gasteiger partial charge is 0.453 e. The van der Waals surface area contributed by atoms with Crippen molar-refractivity contribution in [2.24, 2.45) is 11.8 Å². The number of aromatic nitrogens is 4. The molecule has 3 aliphatic rings. The molecule has 7 rings (SSSR count). The van der Waals surface area contributed by atoms with Crippen LogP contribution in [0.3, 0.4) is 0 Å². The number of likely N-dealkylation sites (tertiary alicyclic amines) is 2. The first kappa shape index (κ1) is 40.0. The maximum absolute atomic E-state index is 13.7. The van der Waals surface area contributed by atoms with Gasteiger partial charge in [0.2, 0.25) is 5.91 Å². The first-order valence-electron chi connectivity index (χ1n) is 20.3. The molecule has 5 atom stereocenters. The number of amides is 3. The van der Waals surface area contributed by atoms with Gasteiger partial charge in [0.25, 0.3) is 0 Å². The van der Waals surface area contributed by atoms with Crippen molar-refractivity contribution in [2.45, 2.75) is 103 Å². The summed E-state index contributed by atoms with van der Waals surface area (Å²) in [7, 11) is 2.63. The van der Waals surface area contributed by atoms with Crippen LogP contribution < -0.4 is 10.6 Å². The summed E-state index contributed by atoms with van der Waals surface area (Å²) in [5.74, 6) is 1.33. The van der Waals surface area contributed by atoms with E-state index in [9.17, 15) is 19.5 Å². The van der Waals surface area contributed by atoms with E-state index in [0.29, 0.717) is 13.1 Å². The molecule has 5 N–H and O–H groups in total. The van der Waals surface area contributed by atoms with Gasteiger partial charge in [-0.2, -0.15) is 0 Å². The van der Waals surface area contributed by atoms with Gasteiger partial charge >= 0.3 is 12.2 Å². The van der Waals surface area contributed by atoms with Crippen molar-refractivity contribution in [1.29, 1.82) is 0 Å². The van der Waals surface area contributed by atoms with Crippen LogP contribution in [0, 0.1) is 11.8 Å². The van der Waals surface area contributed by atoms with Crippen molar-refractivity contribution in [3.63, 3.8) is 0 Å². The van der Waals surface area contributed by atoms with Crippen LogP contribution in [0.2, 0.25) is 0 Å². The fourth-order valence-electron chi connectivity index (χ4n) is 8.93. The van der Waals surface area contributed by atoms with E-state index < -0.39 is 30.5 Å². The minimum Gasteiger partial charge on any atom is -0.453 e. The lowest BCUT2D eigenvalue weighted by atomic mass is 9.92. The molecule has 14 heteroatoms. The highest BCUT2D eigenvalue weighted by atomic mass is 16.5. The number of imidazole rings is 2. The van der Waals surface area contributed by atoms with Crippen LogP contribution in [0.25, 0.3) is 33.6 Å².